The van der Waals surface area contributed by atoms with Gasteiger partial charge in [-0.25, -0.2) is 0 Å². The van der Waals surface area contributed by atoms with Crippen molar-refractivity contribution in [3.63, 3.8) is 0 Å². The van der Waals surface area contributed by atoms with Crippen LogP contribution in [0.4, 0.5) is 0 Å². The third-order valence-corrected chi connectivity index (χ3v) is 3.13. The van der Waals surface area contributed by atoms with Crippen molar-refractivity contribution in [1.29, 1.82) is 0 Å². The summed E-state index contributed by atoms with van der Waals surface area (Å²) in [6, 6.07) is 0. The lowest BCUT2D eigenvalue weighted by Gasteiger charge is -2.27. The summed E-state index contributed by atoms with van der Waals surface area (Å²) in [6.45, 7) is 8.42. The molecule has 1 rings (SSSR count). The zero-order chi connectivity index (χ0) is 12.8. The Balaban J connectivity index is 2.59. The molecule has 17 heavy (non-hydrogen) atoms. The fraction of sp³-hybridized carbons (Fsp3) is 0.769. The Morgan fingerprint density at radius 2 is 1.88 bits per heavy atom. The number of amides is 1. The van der Waals surface area contributed by atoms with Crippen LogP contribution in [0.5, 0.6) is 0 Å². The maximum Gasteiger partial charge on any atom is 0.249 e. The Morgan fingerprint density at radius 3 is 2.29 bits per heavy atom. The number of likely N-dealkylation sites (N-methyl/N-ethyl adjacent to an activating group) is 1. The van der Waals surface area contributed by atoms with Crippen LogP contribution in [-0.4, -0.2) is 62.5 Å². The van der Waals surface area contributed by atoms with E-state index in [1.54, 1.807) is 0 Å². The first-order chi connectivity index (χ1) is 8.06. The first kappa shape index (κ1) is 14.2. The van der Waals surface area contributed by atoms with Gasteiger partial charge in [-0.05, 0) is 33.0 Å². The predicted molar refractivity (Wildman–Crippen MR) is 71.0 cm³/mol. The highest BCUT2D eigenvalue weighted by Crippen LogP contribution is 2.12. The molecule has 1 aliphatic rings. The van der Waals surface area contributed by atoms with Crippen LogP contribution in [0.1, 0.15) is 20.3 Å². The molecule has 1 saturated heterocycles. The van der Waals surface area contributed by atoms with Gasteiger partial charge in [0.15, 0.2) is 0 Å². The largest absolute Gasteiger partial charge is 0.338 e. The molecule has 0 aromatic carbocycles. The van der Waals surface area contributed by atoms with Crippen LogP contribution < -0.4 is 5.32 Å². The zero-order valence-electron chi connectivity index (χ0n) is 11.5. The minimum atomic E-state index is 0.213. The Hall–Kier alpha value is -0.870. The molecular formula is C13H25N3O. The molecule has 1 amide bonds. The highest BCUT2D eigenvalue weighted by molar-refractivity contribution is 5.94. The van der Waals surface area contributed by atoms with Crippen molar-refractivity contribution in [2.24, 2.45) is 0 Å². The van der Waals surface area contributed by atoms with Crippen molar-refractivity contribution < 1.29 is 4.79 Å². The summed E-state index contributed by atoms with van der Waals surface area (Å²) in [7, 11) is 4.07. The van der Waals surface area contributed by atoms with Crippen LogP contribution in [0.15, 0.2) is 11.1 Å². The summed E-state index contributed by atoms with van der Waals surface area (Å²) in [5.74, 6) is 0.213. The lowest BCUT2D eigenvalue weighted by atomic mass is 10.0. The second-order valence-corrected chi connectivity index (χ2v) is 4.93. The lowest BCUT2D eigenvalue weighted by Crippen LogP contribution is -2.41. The van der Waals surface area contributed by atoms with Gasteiger partial charge in [0.05, 0.1) is 0 Å². The predicted octanol–water partition coefficient (Wildman–Crippen LogP) is 0.706. The number of nitrogens with one attached hydrogen (secondary N) is 1. The van der Waals surface area contributed by atoms with Gasteiger partial charge in [0.2, 0.25) is 5.91 Å². The molecule has 1 N–H and O–H groups in total. The van der Waals surface area contributed by atoms with Crippen LogP contribution in [0.25, 0.3) is 0 Å². The number of nitrogens with zero attached hydrogens (tertiary/aromatic N) is 2. The molecule has 4 heteroatoms. The van der Waals surface area contributed by atoms with Crippen molar-refractivity contribution in [2.75, 3.05) is 46.8 Å². The second kappa shape index (κ2) is 6.77. The van der Waals surface area contributed by atoms with Gasteiger partial charge in [0, 0.05) is 38.3 Å². The normalized spacial score (nSPS) is 14.8. The number of rotatable bonds is 6. The van der Waals surface area contributed by atoms with E-state index in [2.05, 4.69) is 17.1 Å². The van der Waals surface area contributed by atoms with Crippen molar-refractivity contribution in [3.8, 4) is 0 Å². The van der Waals surface area contributed by atoms with E-state index in [4.69, 9.17) is 0 Å². The molecule has 0 unspecified atom stereocenters. The molecule has 0 spiro atoms. The van der Waals surface area contributed by atoms with Gasteiger partial charge >= 0.3 is 0 Å². The summed E-state index contributed by atoms with van der Waals surface area (Å²) in [5, 5.41) is 3.18. The van der Waals surface area contributed by atoms with Gasteiger partial charge in [-0.15, -0.1) is 0 Å². The molecule has 0 radical (unpaired) electrons. The standard InChI is InChI=1S/C13H25N3O/c1-5-6-16(8-7-15(3)4)13(17)11(2)12-9-14-10-12/h14H,5-10H2,1-4H3. The van der Waals surface area contributed by atoms with E-state index >= 15 is 0 Å². The summed E-state index contributed by atoms with van der Waals surface area (Å²) in [5.41, 5.74) is 2.21. The smallest absolute Gasteiger partial charge is 0.249 e. The Bertz CT molecular complexity index is 291. The average Bonchev–Trinajstić information content (AvgIpc) is 2.20. The van der Waals surface area contributed by atoms with Gasteiger partial charge in [0.1, 0.15) is 0 Å². The molecule has 1 heterocycles. The quantitative estimate of drug-likeness (QED) is 0.693. The van der Waals surface area contributed by atoms with Crippen LogP contribution in [-0.2, 0) is 4.79 Å². The van der Waals surface area contributed by atoms with Gasteiger partial charge in [-0.3, -0.25) is 4.79 Å². The number of hydrogen-bond acceptors (Lipinski definition) is 3. The summed E-state index contributed by atoms with van der Waals surface area (Å²) < 4.78 is 0. The van der Waals surface area contributed by atoms with E-state index in [0.717, 1.165) is 44.7 Å². The number of carbonyl (C=O) groups excluding carboxylic acids is 1. The molecule has 98 valence electrons. The van der Waals surface area contributed by atoms with Crippen LogP contribution in [0, 0.1) is 0 Å². The maximum absolute atomic E-state index is 12.3. The Kier molecular flexibility index (Phi) is 5.65. The highest BCUT2D eigenvalue weighted by atomic mass is 16.2. The van der Waals surface area contributed by atoms with Crippen molar-refractivity contribution in [2.45, 2.75) is 20.3 Å². The molecule has 1 aliphatic heterocycles. The summed E-state index contributed by atoms with van der Waals surface area (Å²) >= 11 is 0. The fourth-order valence-electron chi connectivity index (χ4n) is 1.81. The molecule has 0 aromatic rings. The molecule has 4 nitrogen and oxygen atoms in total. The topological polar surface area (TPSA) is 35.6 Å². The van der Waals surface area contributed by atoms with E-state index in [0.29, 0.717) is 0 Å². The van der Waals surface area contributed by atoms with Crippen molar-refractivity contribution in [1.82, 2.24) is 15.1 Å². The van der Waals surface area contributed by atoms with Crippen LogP contribution in [0.3, 0.4) is 0 Å². The molecule has 0 aliphatic carbocycles. The fourth-order valence-corrected chi connectivity index (χ4v) is 1.81. The van der Waals surface area contributed by atoms with Crippen LogP contribution in [0.2, 0.25) is 0 Å². The van der Waals surface area contributed by atoms with E-state index < -0.39 is 0 Å². The van der Waals surface area contributed by atoms with Gasteiger partial charge in [0.25, 0.3) is 0 Å². The van der Waals surface area contributed by atoms with Gasteiger partial charge < -0.3 is 15.1 Å². The lowest BCUT2D eigenvalue weighted by molar-refractivity contribution is -0.127. The second-order valence-electron chi connectivity index (χ2n) is 4.93. The monoisotopic (exact) mass is 239 g/mol. The first-order valence-electron chi connectivity index (χ1n) is 6.39. The number of carbonyl (C=O) groups is 1. The van der Waals surface area contributed by atoms with Crippen LogP contribution >= 0.6 is 0 Å². The molecule has 1 fully saturated rings. The molecule has 0 bridgehead atoms. The van der Waals surface area contributed by atoms with E-state index in [1.165, 1.54) is 5.57 Å². The number of hydrogen-bond donors (Lipinski definition) is 1. The van der Waals surface area contributed by atoms with E-state index in [9.17, 15) is 4.79 Å². The van der Waals surface area contributed by atoms with Crippen molar-refractivity contribution in [3.05, 3.63) is 11.1 Å². The first-order valence-corrected chi connectivity index (χ1v) is 6.39. The minimum Gasteiger partial charge on any atom is -0.338 e. The molecule has 0 atom stereocenters. The highest BCUT2D eigenvalue weighted by Gasteiger charge is 2.20. The zero-order valence-corrected chi connectivity index (χ0v) is 11.5. The third kappa shape index (κ3) is 4.13. The summed E-state index contributed by atoms with van der Waals surface area (Å²) in [6.07, 6.45) is 1.01. The van der Waals surface area contributed by atoms with Gasteiger partial charge in [-0.1, -0.05) is 6.92 Å². The van der Waals surface area contributed by atoms with Gasteiger partial charge in [-0.2, -0.15) is 0 Å². The van der Waals surface area contributed by atoms with Crippen molar-refractivity contribution >= 4 is 5.91 Å². The average molecular weight is 239 g/mol. The maximum atomic E-state index is 12.3. The Morgan fingerprint density at radius 1 is 1.24 bits per heavy atom. The Labute approximate surface area is 105 Å². The summed E-state index contributed by atoms with van der Waals surface area (Å²) in [4.78, 5) is 16.4. The SMILES string of the molecule is CCCN(CCN(C)C)C(=O)C(C)=C1CNC1. The van der Waals surface area contributed by atoms with E-state index in [1.807, 2.05) is 25.9 Å². The molecular weight excluding hydrogens is 214 g/mol. The molecule has 0 saturated carbocycles. The molecule has 0 aromatic heterocycles. The minimum absolute atomic E-state index is 0.213. The van der Waals surface area contributed by atoms with E-state index in [-0.39, 0.29) is 5.91 Å². The third-order valence-electron chi connectivity index (χ3n) is 3.13.